The summed E-state index contributed by atoms with van der Waals surface area (Å²) in [6.07, 6.45) is 1.48. The molecule has 0 unspecified atom stereocenters. The van der Waals surface area contributed by atoms with Gasteiger partial charge in [-0.25, -0.2) is 4.98 Å². The van der Waals surface area contributed by atoms with Crippen molar-refractivity contribution in [1.29, 1.82) is 0 Å². The van der Waals surface area contributed by atoms with Crippen LogP contribution in [0.4, 0.5) is 5.82 Å². The molecule has 5 heteroatoms. The summed E-state index contributed by atoms with van der Waals surface area (Å²) in [5.41, 5.74) is 6.79. The van der Waals surface area contributed by atoms with Crippen LogP contribution in [0.25, 0.3) is 0 Å². The highest BCUT2D eigenvalue weighted by Gasteiger charge is 2.02. The third-order valence-electron chi connectivity index (χ3n) is 2.45. The zero-order valence-electron chi connectivity index (χ0n) is 10.4. The summed E-state index contributed by atoms with van der Waals surface area (Å²) in [7, 11) is 0. The molecule has 2 N–H and O–H groups in total. The molecule has 1 aromatic carbocycles. The van der Waals surface area contributed by atoms with Crippen LogP contribution in [-0.2, 0) is 11.3 Å². The first-order valence-corrected chi connectivity index (χ1v) is 6.29. The van der Waals surface area contributed by atoms with Gasteiger partial charge in [0, 0.05) is 12.3 Å². The summed E-state index contributed by atoms with van der Waals surface area (Å²) in [6.45, 7) is 1.44. The van der Waals surface area contributed by atoms with Crippen molar-refractivity contribution in [3.05, 3.63) is 53.2 Å². The minimum atomic E-state index is 0.326. The van der Waals surface area contributed by atoms with Gasteiger partial charge in [0.15, 0.2) is 11.6 Å². The Kier molecular flexibility index (Phi) is 5.01. The molecule has 1 heterocycles. The number of anilines is 1. The second kappa shape index (κ2) is 6.97. The Bertz CT molecular complexity index is 520. The maximum Gasteiger partial charge on any atom is 0.166 e. The molecule has 0 spiro atoms. The van der Waals surface area contributed by atoms with Crippen LogP contribution in [0, 0.1) is 0 Å². The van der Waals surface area contributed by atoms with Crippen molar-refractivity contribution >= 4 is 17.4 Å². The highest BCUT2D eigenvalue weighted by atomic mass is 35.5. The molecule has 0 aliphatic heterocycles. The quantitative estimate of drug-likeness (QED) is 0.826. The summed E-state index contributed by atoms with van der Waals surface area (Å²) in [4.78, 5) is 3.91. The molecule has 0 bridgehead atoms. The smallest absolute Gasteiger partial charge is 0.166 e. The van der Waals surface area contributed by atoms with Gasteiger partial charge in [0.25, 0.3) is 0 Å². The first-order chi connectivity index (χ1) is 9.25. The van der Waals surface area contributed by atoms with Gasteiger partial charge in [-0.2, -0.15) is 0 Å². The van der Waals surface area contributed by atoms with E-state index < -0.39 is 0 Å². The van der Waals surface area contributed by atoms with E-state index in [2.05, 4.69) is 4.98 Å². The first kappa shape index (κ1) is 13.6. The third kappa shape index (κ3) is 4.43. The lowest BCUT2D eigenvalue weighted by Gasteiger charge is -2.09. The number of aromatic nitrogens is 1. The number of hydrogen-bond acceptors (Lipinski definition) is 4. The van der Waals surface area contributed by atoms with E-state index in [1.165, 1.54) is 6.20 Å². The maximum atomic E-state index is 5.81. The standard InChI is InChI=1S/C14H15ClN2O2/c15-12-8-13(14(16)17-9-12)19-7-6-18-10-11-4-2-1-3-5-11/h1-5,8-9H,6-7,10H2,(H2,16,17). The van der Waals surface area contributed by atoms with E-state index in [1.807, 2.05) is 30.3 Å². The van der Waals surface area contributed by atoms with Gasteiger partial charge in [-0.3, -0.25) is 0 Å². The van der Waals surface area contributed by atoms with E-state index in [0.717, 1.165) is 5.56 Å². The van der Waals surface area contributed by atoms with Crippen LogP contribution < -0.4 is 10.5 Å². The Labute approximate surface area is 117 Å². The van der Waals surface area contributed by atoms with E-state index in [-0.39, 0.29) is 0 Å². The summed E-state index contributed by atoms with van der Waals surface area (Å²) in [5, 5.41) is 0.495. The summed E-state index contributed by atoms with van der Waals surface area (Å²) in [6, 6.07) is 11.6. The van der Waals surface area contributed by atoms with E-state index in [1.54, 1.807) is 6.07 Å². The minimum Gasteiger partial charge on any atom is -0.487 e. The third-order valence-corrected chi connectivity index (χ3v) is 2.65. The summed E-state index contributed by atoms with van der Waals surface area (Å²) < 4.78 is 11.0. The van der Waals surface area contributed by atoms with Crippen LogP contribution in [0.15, 0.2) is 42.6 Å². The van der Waals surface area contributed by atoms with Crippen molar-refractivity contribution in [3.8, 4) is 5.75 Å². The summed E-state index contributed by atoms with van der Waals surface area (Å²) >= 11 is 5.81. The Hall–Kier alpha value is -1.78. The molecule has 0 aliphatic carbocycles. The van der Waals surface area contributed by atoms with Crippen LogP contribution in [0.2, 0.25) is 5.02 Å². The van der Waals surface area contributed by atoms with Crippen molar-refractivity contribution in [2.45, 2.75) is 6.61 Å². The first-order valence-electron chi connectivity index (χ1n) is 5.91. The molecule has 0 atom stereocenters. The minimum absolute atomic E-state index is 0.326. The second-order valence-corrected chi connectivity index (χ2v) is 4.36. The van der Waals surface area contributed by atoms with Crippen molar-refractivity contribution in [3.63, 3.8) is 0 Å². The monoisotopic (exact) mass is 278 g/mol. The van der Waals surface area contributed by atoms with Crippen LogP contribution in [0.5, 0.6) is 5.75 Å². The molecule has 4 nitrogen and oxygen atoms in total. The van der Waals surface area contributed by atoms with E-state index in [9.17, 15) is 0 Å². The molecule has 0 fully saturated rings. The number of nitrogens with two attached hydrogens (primary N) is 1. The van der Waals surface area contributed by atoms with Crippen molar-refractivity contribution in [2.75, 3.05) is 18.9 Å². The fourth-order valence-electron chi connectivity index (χ4n) is 1.52. The van der Waals surface area contributed by atoms with Crippen LogP contribution in [0.1, 0.15) is 5.56 Å². The number of benzene rings is 1. The molecular weight excluding hydrogens is 264 g/mol. The van der Waals surface area contributed by atoms with Crippen molar-refractivity contribution in [2.24, 2.45) is 0 Å². The van der Waals surface area contributed by atoms with E-state index in [0.29, 0.717) is 36.4 Å². The molecule has 0 radical (unpaired) electrons. The van der Waals surface area contributed by atoms with E-state index in [4.69, 9.17) is 26.8 Å². The van der Waals surface area contributed by atoms with Gasteiger partial charge >= 0.3 is 0 Å². The van der Waals surface area contributed by atoms with Crippen molar-refractivity contribution in [1.82, 2.24) is 4.98 Å². The fourth-order valence-corrected chi connectivity index (χ4v) is 1.67. The van der Waals surface area contributed by atoms with Gasteiger partial charge in [-0.15, -0.1) is 0 Å². The molecule has 2 aromatic rings. The summed E-state index contributed by atoms with van der Waals surface area (Å²) in [5.74, 6) is 0.809. The molecular formula is C14H15ClN2O2. The Balaban J connectivity index is 1.71. The number of pyridine rings is 1. The van der Waals surface area contributed by atoms with Crippen LogP contribution in [-0.4, -0.2) is 18.2 Å². The number of hydrogen-bond donors (Lipinski definition) is 1. The van der Waals surface area contributed by atoms with E-state index >= 15 is 0 Å². The van der Waals surface area contributed by atoms with Gasteiger partial charge in [-0.05, 0) is 5.56 Å². The lowest BCUT2D eigenvalue weighted by Crippen LogP contribution is -2.08. The van der Waals surface area contributed by atoms with Crippen molar-refractivity contribution < 1.29 is 9.47 Å². The lowest BCUT2D eigenvalue weighted by molar-refractivity contribution is 0.0890. The Morgan fingerprint density at radius 2 is 1.95 bits per heavy atom. The molecule has 0 saturated heterocycles. The maximum absolute atomic E-state index is 5.81. The fraction of sp³-hybridized carbons (Fsp3) is 0.214. The predicted octanol–water partition coefficient (Wildman–Crippen LogP) is 2.91. The van der Waals surface area contributed by atoms with Crippen LogP contribution >= 0.6 is 11.6 Å². The lowest BCUT2D eigenvalue weighted by atomic mass is 10.2. The zero-order valence-corrected chi connectivity index (χ0v) is 11.1. The average molecular weight is 279 g/mol. The Morgan fingerprint density at radius 1 is 1.16 bits per heavy atom. The van der Waals surface area contributed by atoms with Gasteiger partial charge in [0.05, 0.1) is 18.2 Å². The van der Waals surface area contributed by atoms with Gasteiger partial charge in [0.1, 0.15) is 6.61 Å². The zero-order chi connectivity index (χ0) is 13.5. The second-order valence-electron chi connectivity index (χ2n) is 3.92. The highest BCUT2D eigenvalue weighted by molar-refractivity contribution is 6.30. The average Bonchev–Trinajstić information content (AvgIpc) is 2.43. The van der Waals surface area contributed by atoms with Crippen LogP contribution in [0.3, 0.4) is 0 Å². The van der Waals surface area contributed by atoms with Gasteiger partial charge in [-0.1, -0.05) is 41.9 Å². The van der Waals surface area contributed by atoms with Gasteiger partial charge in [0.2, 0.25) is 0 Å². The number of halogens is 1. The molecule has 1 aromatic heterocycles. The number of ether oxygens (including phenoxy) is 2. The number of rotatable bonds is 6. The molecule has 0 amide bonds. The molecule has 0 saturated carbocycles. The molecule has 100 valence electrons. The molecule has 2 rings (SSSR count). The van der Waals surface area contributed by atoms with Gasteiger partial charge < -0.3 is 15.2 Å². The highest BCUT2D eigenvalue weighted by Crippen LogP contribution is 2.22. The SMILES string of the molecule is Nc1ncc(Cl)cc1OCCOCc1ccccc1. The number of nitrogens with zero attached hydrogens (tertiary/aromatic N) is 1. The predicted molar refractivity (Wildman–Crippen MR) is 75.3 cm³/mol. The molecule has 19 heavy (non-hydrogen) atoms. The Morgan fingerprint density at radius 3 is 2.74 bits per heavy atom. The number of nitrogen functional groups attached to an aromatic ring is 1. The molecule has 0 aliphatic rings. The largest absolute Gasteiger partial charge is 0.487 e. The topological polar surface area (TPSA) is 57.4 Å². The normalized spacial score (nSPS) is 10.4.